The number of hydrogen-bond acceptors (Lipinski definition) is 4. The molecule has 0 atom stereocenters. The summed E-state index contributed by atoms with van der Waals surface area (Å²) in [7, 11) is 0. The first-order chi connectivity index (χ1) is 10.2. The fraction of sp³-hybridized carbons (Fsp3) is 0.438. The highest BCUT2D eigenvalue weighted by atomic mass is 35.5. The lowest BCUT2D eigenvalue weighted by molar-refractivity contribution is 0.650. The summed E-state index contributed by atoms with van der Waals surface area (Å²) in [6, 6.07) is 6.56. The number of halogens is 1. The van der Waals surface area contributed by atoms with E-state index in [1.165, 1.54) is 16.8 Å². The molecule has 0 radical (unpaired) electrons. The van der Waals surface area contributed by atoms with Gasteiger partial charge in [0.05, 0.1) is 11.6 Å². The van der Waals surface area contributed by atoms with Crippen molar-refractivity contribution < 1.29 is 0 Å². The predicted molar refractivity (Wildman–Crippen MR) is 92.0 cm³/mol. The maximum Gasteiger partial charge on any atom is 0.185 e. The zero-order valence-corrected chi connectivity index (χ0v) is 14.0. The minimum Gasteiger partial charge on any atom is -0.368 e. The standard InChI is InChI=1S/C16H20ClN3S/c1-12-4-3-5-15(13(12)2)19-6-8-20(9-7-19)16-18-14(10-17)11-21-16/h3-5,11H,6-10H2,1-2H3. The van der Waals surface area contributed by atoms with E-state index >= 15 is 0 Å². The number of aromatic nitrogens is 1. The van der Waals surface area contributed by atoms with Crippen LogP contribution in [0.1, 0.15) is 16.8 Å². The van der Waals surface area contributed by atoms with Gasteiger partial charge in [0.1, 0.15) is 0 Å². The minimum atomic E-state index is 0.499. The van der Waals surface area contributed by atoms with E-state index in [9.17, 15) is 0 Å². The molecule has 0 amide bonds. The van der Waals surface area contributed by atoms with Gasteiger partial charge >= 0.3 is 0 Å². The van der Waals surface area contributed by atoms with Gasteiger partial charge in [0.25, 0.3) is 0 Å². The molecule has 0 N–H and O–H groups in total. The topological polar surface area (TPSA) is 19.4 Å². The molecule has 1 aromatic heterocycles. The smallest absolute Gasteiger partial charge is 0.185 e. The van der Waals surface area contributed by atoms with E-state index in [1.54, 1.807) is 11.3 Å². The van der Waals surface area contributed by atoms with Gasteiger partial charge in [-0.2, -0.15) is 0 Å². The predicted octanol–water partition coefficient (Wildman–Crippen LogP) is 3.83. The molecule has 3 nitrogen and oxygen atoms in total. The van der Waals surface area contributed by atoms with Crippen molar-refractivity contribution in [2.75, 3.05) is 36.0 Å². The summed E-state index contributed by atoms with van der Waals surface area (Å²) in [6.07, 6.45) is 0. The number of anilines is 2. The van der Waals surface area contributed by atoms with Gasteiger partial charge in [-0.3, -0.25) is 0 Å². The monoisotopic (exact) mass is 321 g/mol. The van der Waals surface area contributed by atoms with Crippen LogP contribution in [-0.4, -0.2) is 31.2 Å². The molecule has 2 aromatic rings. The van der Waals surface area contributed by atoms with Gasteiger partial charge in [-0.1, -0.05) is 12.1 Å². The number of nitrogens with zero attached hydrogens (tertiary/aromatic N) is 3. The van der Waals surface area contributed by atoms with Crippen molar-refractivity contribution >= 4 is 33.8 Å². The highest BCUT2D eigenvalue weighted by Crippen LogP contribution is 2.27. The molecule has 1 fully saturated rings. The average Bonchev–Trinajstić information content (AvgIpc) is 2.99. The minimum absolute atomic E-state index is 0.499. The number of rotatable bonds is 3. The van der Waals surface area contributed by atoms with Crippen molar-refractivity contribution in [3.05, 3.63) is 40.4 Å². The number of aryl methyl sites for hydroxylation is 1. The Bertz CT molecular complexity index is 618. The third-order valence-electron chi connectivity index (χ3n) is 4.14. The fourth-order valence-corrected chi connectivity index (χ4v) is 3.83. The summed E-state index contributed by atoms with van der Waals surface area (Å²) >= 11 is 7.53. The van der Waals surface area contributed by atoms with Crippen molar-refractivity contribution in [3.8, 4) is 0 Å². The van der Waals surface area contributed by atoms with Crippen LogP contribution in [0.15, 0.2) is 23.6 Å². The molecule has 1 aliphatic rings. The molecule has 0 spiro atoms. The molecule has 5 heteroatoms. The molecule has 0 unspecified atom stereocenters. The first kappa shape index (κ1) is 14.7. The van der Waals surface area contributed by atoms with Crippen LogP contribution in [0.5, 0.6) is 0 Å². The largest absolute Gasteiger partial charge is 0.368 e. The Balaban J connectivity index is 1.68. The molecule has 1 saturated heterocycles. The van der Waals surface area contributed by atoms with E-state index in [-0.39, 0.29) is 0 Å². The second-order valence-corrected chi connectivity index (χ2v) is 6.55. The lowest BCUT2D eigenvalue weighted by Crippen LogP contribution is -2.46. The Labute approximate surface area is 135 Å². The van der Waals surface area contributed by atoms with Crippen molar-refractivity contribution in [2.45, 2.75) is 19.7 Å². The Hall–Kier alpha value is -1.26. The third-order valence-corrected chi connectivity index (χ3v) is 5.37. The van der Waals surface area contributed by atoms with E-state index in [1.807, 2.05) is 0 Å². The summed E-state index contributed by atoms with van der Waals surface area (Å²) in [4.78, 5) is 9.42. The molecule has 0 aliphatic carbocycles. The highest BCUT2D eigenvalue weighted by Gasteiger charge is 2.20. The number of piperazine rings is 1. The zero-order chi connectivity index (χ0) is 14.8. The molecule has 0 bridgehead atoms. The highest BCUT2D eigenvalue weighted by molar-refractivity contribution is 7.13. The summed E-state index contributed by atoms with van der Waals surface area (Å²) in [6.45, 7) is 8.51. The molecule has 0 saturated carbocycles. The van der Waals surface area contributed by atoms with Gasteiger partial charge in [0.15, 0.2) is 5.13 Å². The fourth-order valence-electron chi connectivity index (χ4n) is 2.72. The first-order valence-electron chi connectivity index (χ1n) is 7.25. The van der Waals surface area contributed by atoms with Gasteiger partial charge in [-0.05, 0) is 31.0 Å². The van der Waals surface area contributed by atoms with Crippen LogP contribution >= 0.6 is 22.9 Å². The molecule has 2 heterocycles. The third kappa shape index (κ3) is 3.01. The number of hydrogen-bond donors (Lipinski definition) is 0. The number of alkyl halides is 1. The number of thiazole rings is 1. The van der Waals surface area contributed by atoms with E-state index < -0.39 is 0 Å². The maximum absolute atomic E-state index is 5.83. The average molecular weight is 322 g/mol. The Morgan fingerprint density at radius 3 is 2.52 bits per heavy atom. The van der Waals surface area contributed by atoms with Crippen molar-refractivity contribution in [2.24, 2.45) is 0 Å². The molecule has 1 aliphatic heterocycles. The molecular formula is C16H20ClN3S. The quantitative estimate of drug-likeness (QED) is 0.801. The molecule has 1 aromatic carbocycles. The van der Waals surface area contributed by atoms with Gasteiger partial charge < -0.3 is 9.80 Å². The van der Waals surface area contributed by atoms with E-state index in [2.05, 4.69) is 52.2 Å². The molecule has 3 rings (SSSR count). The Morgan fingerprint density at radius 2 is 1.86 bits per heavy atom. The summed E-state index contributed by atoms with van der Waals surface area (Å²) < 4.78 is 0. The zero-order valence-electron chi connectivity index (χ0n) is 12.5. The van der Waals surface area contributed by atoms with Gasteiger partial charge in [-0.15, -0.1) is 22.9 Å². The Morgan fingerprint density at radius 1 is 1.14 bits per heavy atom. The van der Waals surface area contributed by atoms with Crippen molar-refractivity contribution in [3.63, 3.8) is 0 Å². The second kappa shape index (κ2) is 6.24. The summed E-state index contributed by atoms with van der Waals surface area (Å²) in [5, 5.41) is 3.16. The number of benzene rings is 1. The van der Waals surface area contributed by atoms with E-state index in [0.29, 0.717) is 5.88 Å². The normalized spacial score (nSPS) is 15.6. The van der Waals surface area contributed by atoms with Crippen LogP contribution in [0.25, 0.3) is 0 Å². The summed E-state index contributed by atoms with van der Waals surface area (Å²) in [5.74, 6) is 0.499. The van der Waals surface area contributed by atoms with Gasteiger partial charge in [-0.25, -0.2) is 4.98 Å². The van der Waals surface area contributed by atoms with E-state index in [0.717, 1.165) is 37.0 Å². The Kier molecular flexibility index (Phi) is 4.36. The van der Waals surface area contributed by atoms with Crippen molar-refractivity contribution in [1.29, 1.82) is 0 Å². The molecule has 21 heavy (non-hydrogen) atoms. The van der Waals surface area contributed by atoms with Crippen LogP contribution in [-0.2, 0) is 5.88 Å². The van der Waals surface area contributed by atoms with Crippen LogP contribution < -0.4 is 9.80 Å². The molecular weight excluding hydrogens is 302 g/mol. The lowest BCUT2D eigenvalue weighted by atomic mass is 10.1. The van der Waals surface area contributed by atoms with Gasteiger partial charge in [0, 0.05) is 37.2 Å². The first-order valence-corrected chi connectivity index (χ1v) is 8.67. The second-order valence-electron chi connectivity index (χ2n) is 5.45. The van der Waals surface area contributed by atoms with E-state index in [4.69, 9.17) is 11.6 Å². The van der Waals surface area contributed by atoms with Gasteiger partial charge in [0.2, 0.25) is 0 Å². The SMILES string of the molecule is Cc1cccc(N2CCN(c3nc(CCl)cs3)CC2)c1C. The van der Waals surface area contributed by atoms with Crippen LogP contribution in [0.3, 0.4) is 0 Å². The lowest BCUT2D eigenvalue weighted by Gasteiger charge is -2.37. The summed E-state index contributed by atoms with van der Waals surface area (Å²) in [5.41, 5.74) is 5.11. The van der Waals surface area contributed by atoms with Crippen LogP contribution in [0.2, 0.25) is 0 Å². The molecule has 112 valence electrons. The van der Waals surface area contributed by atoms with Crippen molar-refractivity contribution in [1.82, 2.24) is 4.98 Å². The van der Waals surface area contributed by atoms with Crippen LogP contribution in [0.4, 0.5) is 10.8 Å². The van der Waals surface area contributed by atoms with Crippen LogP contribution in [0, 0.1) is 13.8 Å². The maximum atomic E-state index is 5.83.